The fourth-order valence-electron chi connectivity index (χ4n) is 1.74. The Balaban J connectivity index is 2.18. The zero-order valence-corrected chi connectivity index (χ0v) is 11.7. The highest BCUT2D eigenvalue weighted by Gasteiger charge is 2.06. The van der Waals surface area contributed by atoms with E-state index in [2.05, 4.69) is 21.8 Å². The third-order valence-electron chi connectivity index (χ3n) is 2.68. The van der Waals surface area contributed by atoms with E-state index in [0.717, 1.165) is 29.5 Å². The van der Waals surface area contributed by atoms with Crippen molar-refractivity contribution < 1.29 is 0 Å². The lowest BCUT2D eigenvalue weighted by molar-refractivity contribution is 0.639. The van der Waals surface area contributed by atoms with Gasteiger partial charge in [0, 0.05) is 22.4 Å². The summed E-state index contributed by atoms with van der Waals surface area (Å²) in [6, 6.07) is 5.50. The van der Waals surface area contributed by atoms with Gasteiger partial charge in [0.2, 0.25) is 0 Å². The minimum atomic E-state index is 0.681. The van der Waals surface area contributed by atoms with E-state index in [-0.39, 0.29) is 0 Å². The first kappa shape index (κ1) is 13.4. The molecule has 0 saturated heterocycles. The Labute approximate surface area is 117 Å². The van der Waals surface area contributed by atoms with Crippen molar-refractivity contribution in [2.45, 2.75) is 20.0 Å². The van der Waals surface area contributed by atoms with Crippen molar-refractivity contribution in [1.29, 1.82) is 0 Å². The number of benzene rings is 1. The Bertz CT molecular complexity index is 523. The highest BCUT2D eigenvalue weighted by Crippen LogP contribution is 2.21. The van der Waals surface area contributed by atoms with Gasteiger partial charge in [0.25, 0.3) is 0 Å². The van der Waals surface area contributed by atoms with E-state index in [9.17, 15) is 0 Å². The fourth-order valence-corrected chi connectivity index (χ4v) is 2.11. The molecule has 5 heteroatoms. The molecule has 1 aromatic carbocycles. The molecule has 0 aliphatic carbocycles. The maximum Gasteiger partial charge on any atom is 0.122 e. The van der Waals surface area contributed by atoms with Gasteiger partial charge in [-0.3, -0.25) is 0 Å². The topological polar surface area (TPSA) is 29.9 Å². The molecule has 96 valence electrons. The van der Waals surface area contributed by atoms with E-state index < -0.39 is 0 Å². The Morgan fingerprint density at radius 2 is 2.17 bits per heavy atom. The summed E-state index contributed by atoms with van der Waals surface area (Å²) in [7, 11) is 0. The second kappa shape index (κ2) is 6.23. The molecule has 0 atom stereocenters. The summed E-state index contributed by atoms with van der Waals surface area (Å²) in [5.74, 6) is 0.993. The van der Waals surface area contributed by atoms with Gasteiger partial charge in [0.05, 0.1) is 13.1 Å². The molecule has 2 aromatic rings. The zero-order valence-electron chi connectivity index (χ0n) is 10.2. The predicted molar refractivity (Wildman–Crippen MR) is 75.2 cm³/mol. The molecule has 1 N–H and O–H groups in total. The van der Waals surface area contributed by atoms with Gasteiger partial charge in [-0.25, -0.2) is 4.98 Å². The van der Waals surface area contributed by atoms with Crippen LogP contribution in [0.1, 0.15) is 18.3 Å². The van der Waals surface area contributed by atoms with Crippen molar-refractivity contribution in [3.63, 3.8) is 0 Å². The number of hydrogen-bond donors (Lipinski definition) is 1. The van der Waals surface area contributed by atoms with Crippen LogP contribution in [0.3, 0.4) is 0 Å². The summed E-state index contributed by atoms with van der Waals surface area (Å²) in [5.41, 5.74) is 1.000. The highest BCUT2D eigenvalue weighted by molar-refractivity contribution is 6.33. The lowest BCUT2D eigenvalue weighted by Crippen LogP contribution is -2.16. The first-order valence-corrected chi connectivity index (χ1v) is 6.61. The Morgan fingerprint density at radius 1 is 1.33 bits per heavy atom. The van der Waals surface area contributed by atoms with Crippen LogP contribution in [0.15, 0.2) is 30.6 Å². The van der Waals surface area contributed by atoms with E-state index in [4.69, 9.17) is 23.2 Å². The molecule has 0 spiro atoms. The van der Waals surface area contributed by atoms with Crippen molar-refractivity contribution in [2.75, 3.05) is 6.54 Å². The summed E-state index contributed by atoms with van der Waals surface area (Å²) in [4.78, 5) is 4.33. The molecule has 0 radical (unpaired) electrons. The molecule has 1 heterocycles. The molecule has 0 unspecified atom stereocenters. The standard InChI is InChI=1S/C13H15Cl2N3/c1-2-16-8-13-17-5-6-18(13)9-10-7-11(14)3-4-12(10)15/h3-7,16H,2,8-9H2,1H3. The lowest BCUT2D eigenvalue weighted by Gasteiger charge is -2.10. The van der Waals surface area contributed by atoms with Crippen molar-refractivity contribution in [3.05, 3.63) is 52.0 Å². The van der Waals surface area contributed by atoms with Crippen LogP contribution in [0.5, 0.6) is 0 Å². The molecule has 0 aliphatic rings. The number of hydrogen-bond acceptors (Lipinski definition) is 2. The Hall–Kier alpha value is -1.03. The van der Waals surface area contributed by atoms with Crippen molar-refractivity contribution in [3.8, 4) is 0 Å². The third-order valence-corrected chi connectivity index (χ3v) is 3.29. The van der Waals surface area contributed by atoms with Gasteiger partial charge in [0.15, 0.2) is 0 Å². The van der Waals surface area contributed by atoms with E-state index in [1.807, 2.05) is 18.3 Å². The molecule has 18 heavy (non-hydrogen) atoms. The molecular weight excluding hydrogens is 269 g/mol. The van der Waals surface area contributed by atoms with Crippen LogP contribution in [0.25, 0.3) is 0 Å². The Morgan fingerprint density at radius 3 is 2.94 bits per heavy atom. The maximum atomic E-state index is 6.16. The Kier molecular flexibility index (Phi) is 4.64. The number of imidazole rings is 1. The van der Waals surface area contributed by atoms with Gasteiger partial charge in [-0.1, -0.05) is 30.1 Å². The second-order valence-corrected chi connectivity index (χ2v) is 4.83. The van der Waals surface area contributed by atoms with Crippen molar-refractivity contribution in [2.24, 2.45) is 0 Å². The molecule has 2 rings (SSSR count). The summed E-state index contributed by atoms with van der Waals surface area (Å²) in [6.07, 6.45) is 3.75. The van der Waals surface area contributed by atoms with Crippen LogP contribution >= 0.6 is 23.2 Å². The average molecular weight is 284 g/mol. The molecule has 1 aromatic heterocycles. The van der Waals surface area contributed by atoms with Crippen LogP contribution in [0, 0.1) is 0 Å². The number of aromatic nitrogens is 2. The van der Waals surface area contributed by atoms with E-state index in [1.165, 1.54) is 0 Å². The minimum absolute atomic E-state index is 0.681. The quantitative estimate of drug-likeness (QED) is 0.912. The minimum Gasteiger partial charge on any atom is -0.329 e. The highest BCUT2D eigenvalue weighted by atomic mass is 35.5. The number of nitrogens with one attached hydrogen (secondary N) is 1. The van der Waals surface area contributed by atoms with Gasteiger partial charge >= 0.3 is 0 Å². The summed E-state index contributed by atoms with van der Waals surface area (Å²) in [6.45, 7) is 4.42. The lowest BCUT2D eigenvalue weighted by atomic mass is 10.2. The van der Waals surface area contributed by atoms with Crippen LogP contribution in [0.2, 0.25) is 10.0 Å². The molecule has 3 nitrogen and oxygen atoms in total. The maximum absolute atomic E-state index is 6.16. The number of nitrogens with zero attached hydrogens (tertiary/aromatic N) is 2. The SMILES string of the molecule is CCNCc1nccn1Cc1cc(Cl)ccc1Cl. The first-order chi connectivity index (χ1) is 8.70. The van der Waals surface area contributed by atoms with Crippen LogP contribution < -0.4 is 5.32 Å². The monoisotopic (exact) mass is 283 g/mol. The molecule has 0 saturated carbocycles. The second-order valence-electron chi connectivity index (χ2n) is 3.99. The average Bonchev–Trinajstić information content (AvgIpc) is 2.79. The van der Waals surface area contributed by atoms with Crippen LogP contribution in [0.4, 0.5) is 0 Å². The molecular formula is C13H15Cl2N3. The van der Waals surface area contributed by atoms with E-state index in [1.54, 1.807) is 12.3 Å². The van der Waals surface area contributed by atoms with Gasteiger partial charge in [-0.05, 0) is 30.3 Å². The fraction of sp³-hybridized carbons (Fsp3) is 0.308. The van der Waals surface area contributed by atoms with E-state index in [0.29, 0.717) is 11.6 Å². The normalized spacial score (nSPS) is 10.8. The first-order valence-electron chi connectivity index (χ1n) is 5.85. The number of rotatable bonds is 5. The smallest absolute Gasteiger partial charge is 0.122 e. The van der Waals surface area contributed by atoms with E-state index >= 15 is 0 Å². The summed E-state index contributed by atoms with van der Waals surface area (Å²) in [5, 5.41) is 4.68. The van der Waals surface area contributed by atoms with Gasteiger partial charge in [-0.15, -0.1) is 0 Å². The summed E-state index contributed by atoms with van der Waals surface area (Å²) >= 11 is 12.1. The van der Waals surface area contributed by atoms with Gasteiger partial charge in [-0.2, -0.15) is 0 Å². The number of halogens is 2. The molecule has 0 bridgehead atoms. The third kappa shape index (κ3) is 3.25. The van der Waals surface area contributed by atoms with Crippen LogP contribution in [-0.2, 0) is 13.1 Å². The zero-order chi connectivity index (χ0) is 13.0. The van der Waals surface area contributed by atoms with Crippen molar-refractivity contribution in [1.82, 2.24) is 14.9 Å². The molecule has 0 amide bonds. The van der Waals surface area contributed by atoms with Gasteiger partial charge < -0.3 is 9.88 Å². The predicted octanol–water partition coefficient (Wildman–Crippen LogP) is 3.35. The van der Waals surface area contributed by atoms with Crippen LogP contribution in [-0.4, -0.2) is 16.1 Å². The van der Waals surface area contributed by atoms with Crippen molar-refractivity contribution >= 4 is 23.2 Å². The largest absolute Gasteiger partial charge is 0.329 e. The molecule has 0 aliphatic heterocycles. The summed E-state index contributed by atoms with van der Waals surface area (Å²) < 4.78 is 2.07. The van der Waals surface area contributed by atoms with Gasteiger partial charge in [0.1, 0.15) is 5.82 Å². The molecule has 0 fully saturated rings.